The van der Waals surface area contributed by atoms with E-state index in [9.17, 15) is 0 Å². The fourth-order valence-corrected chi connectivity index (χ4v) is 14.2. The van der Waals surface area contributed by atoms with Gasteiger partial charge in [0.15, 0.2) is 0 Å². The first-order valence-electron chi connectivity index (χ1n) is 10.4. The van der Waals surface area contributed by atoms with Crippen molar-refractivity contribution < 1.29 is 0 Å². The Morgan fingerprint density at radius 3 is 1.58 bits per heavy atom. The summed E-state index contributed by atoms with van der Waals surface area (Å²) in [5.41, 5.74) is 5.11. The molecule has 4 unspecified atom stereocenters. The standard InChI is InChI=1S/C24H32P2/c1-20(25-16-8-14-23(25)18-21-10-4-2-5-11-21)26-17-9-15-24(26)19-22-12-6-3-7-13-22/h2-7,10-13,20,23-24H,8-9,14-19H2,1H3/t20?,23-,24?,25?,26?/m1/s1. The maximum absolute atomic E-state index is 2.66. The van der Waals surface area contributed by atoms with E-state index < -0.39 is 0 Å². The monoisotopic (exact) mass is 382 g/mol. The largest absolute Gasteiger partial charge is 0.0959 e. The molecule has 0 radical (unpaired) electrons. The molecule has 2 heterocycles. The molecule has 0 aliphatic carbocycles. The van der Waals surface area contributed by atoms with E-state index in [1.54, 1.807) is 23.5 Å². The molecule has 2 aromatic rings. The highest BCUT2D eigenvalue weighted by Gasteiger charge is 2.39. The lowest BCUT2D eigenvalue weighted by molar-refractivity contribution is 0.769. The smallest absolute Gasteiger partial charge is 0.00290 e. The van der Waals surface area contributed by atoms with Gasteiger partial charge in [-0.15, -0.1) is 0 Å². The molecule has 2 saturated heterocycles. The molecule has 26 heavy (non-hydrogen) atoms. The molecule has 0 aromatic heterocycles. The van der Waals surface area contributed by atoms with Gasteiger partial charge in [0.25, 0.3) is 0 Å². The van der Waals surface area contributed by atoms with Crippen LogP contribution in [-0.4, -0.2) is 29.0 Å². The van der Waals surface area contributed by atoms with Crippen LogP contribution in [-0.2, 0) is 12.8 Å². The van der Waals surface area contributed by atoms with Crippen LogP contribution in [0.1, 0.15) is 43.7 Å². The average Bonchev–Trinajstić information content (AvgIpc) is 3.32. The van der Waals surface area contributed by atoms with Crippen molar-refractivity contribution in [2.45, 2.75) is 62.2 Å². The van der Waals surface area contributed by atoms with Crippen LogP contribution < -0.4 is 0 Å². The normalized spacial score (nSPS) is 29.7. The van der Waals surface area contributed by atoms with Gasteiger partial charge in [-0.25, -0.2) is 0 Å². The van der Waals surface area contributed by atoms with E-state index in [0.717, 1.165) is 16.7 Å². The van der Waals surface area contributed by atoms with Crippen molar-refractivity contribution in [2.75, 3.05) is 12.3 Å². The third kappa shape index (κ3) is 4.40. The summed E-state index contributed by atoms with van der Waals surface area (Å²) in [6, 6.07) is 22.5. The quantitative estimate of drug-likeness (QED) is 0.467. The third-order valence-corrected chi connectivity index (χ3v) is 14.6. The van der Waals surface area contributed by atoms with E-state index in [1.807, 2.05) is 0 Å². The van der Waals surface area contributed by atoms with Crippen LogP contribution in [0.25, 0.3) is 0 Å². The molecule has 2 aromatic carbocycles. The van der Waals surface area contributed by atoms with Crippen LogP contribution in [0.4, 0.5) is 0 Å². The van der Waals surface area contributed by atoms with E-state index in [-0.39, 0.29) is 15.8 Å². The molecule has 2 fully saturated rings. The first kappa shape index (κ1) is 18.7. The predicted octanol–water partition coefficient (Wildman–Crippen LogP) is 7.11. The van der Waals surface area contributed by atoms with E-state index in [2.05, 4.69) is 67.6 Å². The molecule has 0 amide bonds. The molecule has 138 valence electrons. The van der Waals surface area contributed by atoms with Gasteiger partial charge in [-0.3, -0.25) is 0 Å². The zero-order valence-electron chi connectivity index (χ0n) is 16.1. The molecule has 0 bridgehead atoms. The summed E-state index contributed by atoms with van der Waals surface area (Å²) in [5, 5.41) is 1.02. The van der Waals surface area contributed by atoms with E-state index >= 15 is 0 Å². The molecule has 0 nitrogen and oxygen atoms in total. The lowest BCUT2D eigenvalue weighted by Crippen LogP contribution is -2.16. The van der Waals surface area contributed by atoms with Gasteiger partial charge in [0.1, 0.15) is 0 Å². The van der Waals surface area contributed by atoms with Crippen LogP contribution >= 0.6 is 15.8 Å². The van der Waals surface area contributed by atoms with Crippen LogP contribution in [0.5, 0.6) is 0 Å². The first-order valence-corrected chi connectivity index (χ1v) is 13.7. The lowest BCUT2D eigenvalue weighted by Gasteiger charge is -2.35. The summed E-state index contributed by atoms with van der Waals surface area (Å²) >= 11 is 0. The Balaban J connectivity index is 1.42. The predicted molar refractivity (Wildman–Crippen MR) is 119 cm³/mol. The number of benzene rings is 2. The minimum atomic E-state index is 0.223. The van der Waals surface area contributed by atoms with Crippen LogP contribution in [0.15, 0.2) is 60.7 Å². The van der Waals surface area contributed by atoms with Gasteiger partial charge < -0.3 is 0 Å². The van der Waals surface area contributed by atoms with Crippen molar-refractivity contribution in [3.63, 3.8) is 0 Å². The summed E-state index contributed by atoms with van der Waals surface area (Å²) in [4.78, 5) is 0. The SMILES string of the molecule is CC(P1CCCC1Cc1ccccc1)P1CCC[C@@H]1Cc1ccccc1. The third-order valence-electron chi connectivity index (χ3n) is 6.43. The molecular formula is C24H32P2. The molecule has 2 aliphatic rings. The van der Waals surface area contributed by atoms with Gasteiger partial charge in [0.05, 0.1) is 0 Å². The molecule has 5 atom stereocenters. The summed E-state index contributed by atoms with van der Waals surface area (Å²) in [6.07, 6.45) is 11.7. The van der Waals surface area contributed by atoms with Crippen molar-refractivity contribution >= 4 is 15.8 Å². The minimum Gasteiger partial charge on any atom is -0.0959 e. The second kappa shape index (κ2) is 8.99. The highest BCUT2D eigenvalue weighted by molar-refractivity contribution is 7.76. The van der Waals surface area contributed by atoms with Crippen molar-refractivity contribution in [2.24, 2.45) is 0 Å². The maximum atomic E-state index is 2.66. The Kier molecular flexibility index (Phi) is 6.45. The maximum Gasteiger partial charge on any atom is -0.00290 e. The van der Waals surface area contributed by atoms with Gasteiger partial charge in [-0.1, -0.05) is 83.4 Å². The van der Waals surface area contributed by atoms with Gasteiger partial charge in [0, 0.05) is 0 Å². The minimum absolute atomic E-state index is 0.223. The molecular weight excluding hydrogens is 350 g/mol. The van der Waals surface area contributed by atoms with Crippen LogP contribution in [0.3, 0.4) is 0 Å². The molecule has 2 heteroatoms. The summed E-state index contributed by atoms with van der Waals surface area (Å²) < 4.78 is 0. The zero-order chi connectivity index (χ0) is 17.8. The molecule has 0 spiro atoms. The summed E-state index contributed by atoms with van der Waals surface area (Å²) in [6.45, 7) is 2.66. The van der Waals surface area contributed by atoms with Crippen LogP contribution in [0, 0.1) is 0 Å². The molecule has 0 N–H and O–H groups in total. The Morgan fingerprint density at radius 2 is 1.15 bits per heavy atom. The van der Waals surface area contributed by atoms with Crippen molar-refractivity contribution in [3.05, 3.63) is 71.8 Å². The lowest BCUT2D eigenvalue weighted by atomic mass is 10.1. The Bertz CT molecular complexity index is 610. The Hall–Kier alpha value is -0.700. The summed E-state index contributed by atoms with van der Waals surface area (Å²) in [5.74, 6) is 0. The van der Waals surface area contributed by atoms with Crippen molar-refractivity contribution in [1.82, 2.24) is 0 Å². The zero-order valence-corrected chi connectivity index (χ0v) is 17.8. The number of hydrogen-bond acceptors (Lipinski definition) is 0. The van der Waals surface area contributed by atoms with Gasteiger partial charge in [0.2, 0.25) is 0 Å². The highest BCUT2D eigenvalue weighted by atomic mass is 31.2. The van der Waals surface area contributed by atoms with Gasteiger partial charge in [-0.2, -0.15) is 0 Å². The number of hydrogen-bond donors (Lipinski definition) is 0. The van der Waals surface area contributed by atoms with Gasteiger partial charge in [-0.05, 0) is 78.7 Å². The Morgan fingerprint density at radius 1 is 0.731 bits per heavy atom. The average molecular weight is 382 g/mol. The van der Waals surface area contributed by atoms with Crippen molar-refractivity contribution in [3.8, 4) is 0 Å². The summed E-state index contributed by atoms with van der Waals surface area (Å²) in [7, 11) is 0.446. The van der Waals surface area contributed by atoms with Gasteiger partial charge >= 0.3 is 0 Å². The fraction of sp³-hybridized carbons (Fsp3) is 0.500. The fourth-order valence-electron chi connectivity index (χ4n) is 5.10. The first-order chi connectivity index (χ1) is 12.8. The second-order valence-corrected chi connectivity index (χ2v) is 14.4. The van der Waals surface area contributed by atoms with E-state index in [1.165, 1.54) is 38.5 Å². The van der Waals surface area contributed by atoms with Crippen molar-refractivity contribution in [1.29, 1.82) is 0 Å². The second-order valence-electron chi connectivity index (χ2n) is 8.08. The topological polar surface area (TPSA) is 0 Å². The number of rotatable bonds is 6. The Labute approximate surface area is 162 Å². The highest BCUT2D eigenvalue weighted by Crippen LogP contribution is 2.69. The van der Waals surface area contributed by atoms with Crippen LogP contribution in [0.2, 0.25) is 0 Å². The molecule has 4 rings (SSSR count). The van der Waals surface area contributed by atoms with E-state index in [4.69, 9.17) is 0 Å². The molecule has 2 aliphatic heterocycles. The van der Waals surface area contributed by atoms with E-state index in [0.29, 0.717) is 0 Å². The molecule has 0 saturated carbocycles.